The predicted octanol–water partition coefficient (Wildman–Crippen LogP) is 2.30. The van der Waals surface area contributed by atoms with Crippen LogP contribution in [-0.2, 0) is 12.8 Å². The van der Waals surface area contributed by atoms with Gasteiger partial charge in [0.25, 0.3) is 0 Å². The maximum absolute atomic E-state index is 5.88. The van der Waals surface area contributed by atoms with E-state index in [0.29, 0.717) is 0 Å². The molecule has 0 amide bonds. The molecule has 94 valence electrons. The van der Waals surface area contributed by atoms with Crippen molar-refractivity contribution in [3.8, 4) is 11.5 Å². The lowest BCUT2D eigenvalue weighted by atomic mass is 9.98. The number of benzene rings is 1. The number of fused-ring (bicyclic) bond motifs is 1. The first-order valence-corrected chi connectivity index (χ1v) is 6.38. The van der Waals surface area contributed by atoms with Gasteiger partial charge in [-0.2, -0.15) is 0 Å². The van der Waals surface area contributed by atoms with Crippen LogP contribution in [0.15, 0.2) is 12.1 Å². The largest absolute Gasteiger partial charge is 0.490 e. The minimum atomic E-state index is 0.171. The fourth-order valence-corrected chi connectivity index (χ4v) is 2.26. The lowest BCUT2D eigenvalue weighted by molar-refractivity contribution is 0.296. The molecule has 2 rings (SSSR count). The number of ether oxygens (including phenoxy) is 2. The molecule has 0 aliphatic carbocycles. The SMILES string of the molecule is CCc1c(CC(C)N)ccc2c1OCCCO2. The molecule has 1 aromatic carbocycles. The Hall–Kier alpha value is -1.22. The van der Waals surface area contributed by atoms with Gasteiger partial charge in [-0.1, -0.05) is 13.0 Å². The summed E-state index contributed by atoms with van der Waals surface area (Å²) in [7, 11) is 0. The van der Waals surface area contributed by atoms with Crippen molar-refractivity contribution in [3.05, 3.63) is 23.3 Å². The van der Waals surface area contributed by atoms with Crippen molar-refractivity contribution in [2.45, 2.75) is 39.2 Å². The molecule has 1 aliphatic heterocycles. The summed E-state index contributed by atoms with van der Waals surface area (Å²) < 4.78 is 11.5. The molecule has 0 aromatic heterocycles. The Morgan fingerprint density at radius 1 is 1.29 bits per heavy atom. The highest BCUT2D eigenvalue weighted by Gasteiger charge is 2.17. The van der Waals surface area contributed by atoms with Crippen LogP contribution in [0.2, 0.25) is 0 Å². The quantitative estimate of drug-likeness (QED) is 0.874. The fraction of sp³-hybridized carbons (Fsp3) is 0.571. The minimum Gasteiger partial charge on any atom is -0.490 e. The Labute approximate surface area is 103 Å². The summed E-state index contributed by atoms with van der Waals surface area (Å²) in [6.07, 6.45) is 2.79. The average Bonchev–Trinajstić information content (AvgIpc) is 2.53. The predicted molar refractivity (Wildman–Crippen MR) is 68.8 cm³/mol. The van der Waals surface area contributed by atoms with Crippen LogP contribution in [0.5, 0.6) is 11.5 Å². The topological polar surface area (TPSA) is 44.5 Å². The van der Waals surface area contributed by atoms with E-state index in [1.165, 1.54) is 11.1 Å². The van der Waals surface area contributed by atoms with Gasteiger partial charge in [0.2, 0.25) is 0 Å². The van der Waals surface area contributed by atoms with Gasteiger partial charge in [-0.05, 0) is 31.4 Å². The molecule has 3 nitrogen and oxygen atoms in total. The molecular formula is C14H21NO2. The van der Waals surface area contributed by atoms with Crippen molar-refractivity contribution in [1.82, 2.24) is 0 Å². The molecule has 0 saturated carbocycles. The summed E-state index contributed by atoms with van der Waals surface area (Å²) in [5.41, 5.74) is 8.42. The van der Waals surface area contributed by atoms with Gasteiger partial charge in [-0.15, -0.1) is 0 Å². The summed E-state index contributed by atoms with van der Waals surface area (Å²) in [6, 6.07) is 4.30. The maximum atomic E-state index is 5.88. The molecule has 3 heteroatoms. The van der Waals surface area contributed by atoms with Crippen molar-refractivity contribution in [2.75, 3.05) is 13.2 Å². The van der Waals surface area contributed by atoms with E-state index in [2.05, 4.69) is 13.0 Å². The summed E-state index contributed by atoms with van der Waals surface area (Å²) in [5, 5.41) is 0. The number of rotatable bonds is 3. The highest BCUT2D eigenvalue weighted by Crippen LogP contribution is 2.36. The Kier molecular flexibility index (Phi) is 3.89. The number of nitrogens with two attached hydrogens (primary N) is 1. The van der Waals surface area contributed by atoms with Crippen molar-refractivity contribution in [2.24, 2.45) is 5.73 Å². The first kappa shape index (κ1) is 12.2. The van der Waals surface area contributed by atoms with E-state index < -0.39 is 0 Å². The van der Waals surface area contributed by atoms with E-state index in [9.17, 15) is 0 Å². The molecule has 2 N–H and O–H groups in total. The van der Waals surface area contributed by atoms with Gasteiger partial charge in [0.15, 0.2) is 11.5 Å². The van der Waals surface area contributed by atoms with Crippen LogP contribution in [0.3, 0.4) is 0 Å². The third kappa shape index (κ3) is 2.72. The molecule has 1 unspecified atom stereocenters. The molecule has 0 bridgehead atoms. The standard InChI is InChI=1S/C14H21NO2/c1-3-12-11(9-10(2)15)5-6-13-14(12)17-8-4-7-16-13/h5-6,10H,3-4,7-9,15H2,1-2H3. The molecule has 17 heavy (non-hydrogen) atoms. The van der Waals surface area contributed by atoms with Gasteiger partial charge in [-0.3, -0.25) is 0 Å². The smallest absolute Gasteiger partial charge is 0.164 e. The third-order valence-corrected chi connectivity index (χ3v) is 3.01. The highest BCUT2D eigenvalue weighted by atomic mass is 16.5. The van der Waals surface area contributed by atoms with E-state index in [1.807, 2.05) is 13.0 Å². The second-order valence-electron chi connectivity index (χ2n) is 4.62. The van der Waals surface area contributed by atoms with Crippen LogP contribution >= 0.6 is 0 Å². The van der Waals surface area contributed by atoms with Crippen molar-refractivity contribution >= 4 is 0 Å². The van der Waals surface area contributed by atoms with Gasteiger partial charge in [0, 0.05) is 18.0 Å². The van der Waals surface area contributed by atoms with Crippen molar-refractivity contribution < 1.29 is 9.47 Å². The van der Waals surface area contributed by atoms with E-state index in [4.69, 9.17) is 15.2 Å². The molecule has 1 heterocycles. The molecule has 1 aromatic rings. The lowest BCUT2D eigenvalue weighted by Crippen LogP contribution is -2.19. The first-order chi connectivity index (χ1) is 8.22. The monoisotopic (exact) mass is 235 g/mol. The Bertz CT molecular complexity index is 388. The van der Waals surface area contributed by atoms with E-state index in [1.54, 1.807) is 0 Å². The second-order valence-corrected chi connectivity index (χ2v) is 4.62. The van der Waals surface area contributed by atoms with Gasteiger partial charge in [0.1, 0.15) is 0 Å². The van der Waals surface area contributed by atoms with Gasteiger partial charge >= 0.3 is 0 Å². The summed E-state index contributed by atoms with van der Waals surface area (Å²) in [5.74, 6) is 1.82. The van der Waals surface area contributed by atoms with Crippen molar-refractivity contribution in [3.63, 3.8) is 0 Å². The Morgan fingerprint density at radius 2 is 2.06 bits per heavy atom. The van der Waals surface area contributed by atoms with Crippen LogP contribution < -0.4 is 15.2 Å². The fourth-order valence-electron chi connectivity index (χ4n) is 2.26. The van der Waals surface area contributed by atoms with Crippen LogP contribution in [0.4, 0.5) is 0 Å². The van der Waals surface area contributed by atoms with Crippen LogP contribution in [-0.4, -0.2) is 19.3 Å². The molecule has 0 spiro atoms. The molecule has 0 saturated heterocycles. The number of hydrogen-bond acceptors (Lipinski definition) is 3. The average molecular weight is 235 g/mol. The van der Waals surface area contributed by atoms with Crippen LogP contribution in [0.1, 0.15) is 31.4 Å². The van der Waals surface area contributed by atoms with Gasteiger partial charge in [-0.25, -0.2) is 0 Å². The summed E-state index contributed by atoms with van der Waals surface area (Å²) in [4.78, 5) is 0. The minimum absolute atomic E-state index is 0.171. The second kappa shape index (κ2) is 5.41. The van der Waals surface area contributed by atoms with Crippen LogP contribution in [0.25, 0.3) is 0 Å². The van der Waals surface area contributed by atoms with Gasteiger partial charge < -0.3 is 15.2 Å². The molecule has 0 radical (unpaired) electrons. The van der Waals surface area contributed by atoms with E-state index in [0.717, 1.165) is 44.0 Å². The zero-order chi connectivity index (χ0) is 12.3. The third-order valence-electron chi connectivity index (χ3n) is 3.01. The zero-order valence-electron chi connectivity index (χ0n) is 10.7. The summed E-state index contributed by atoms with van der Waals surface area (Å²) >= 11 is 0. The summed E-state index contributed by atoms with van der Waals surface area (Å²) in [6.45, 7) is 5.65. The Morgan fingerprint density at radius 3 is 2.76 bits per heavy atom. The highest BCUT2D eigenvalue weighted by molar-refractivity contribution is 5.51. The lowest BCUT2D eigenvalue weighted by Gasteiger charge is -2.16. The zero-order valence-corrected chi connectivity index (χ0v) is 10.7. The molecule has 1 atom stereocenters. The van der Waals surface area contributed by atoms with E-state index in [-0.39, 0.29) is 6.04 Å². The van der Waals surface area contributed by atoms with Gasteiger partial charge in [0.05, 0.1) is 13.2 Å². The normalized spacial score (nSPS) is 16.4. The maximum Gasteiger partial charge on any atom is 0.164 e. The number of hydrogen-bond donors (Lipinski definition) is 1. The molecule has 1 aliphatic rings. The van der Waals surface area contributed by atoms with Crippen LogP contribution in [0, 0.1) is 0 Å². The molecule has 0 fully saturated rings. The molecular weight excluding hydrogens is 214 g/mol. The van der Waals surface area contributed by atoms with E-state index >= 15 is 0 Å². The Balaban J connectivity index is 2.39. The van der Waals surface area contributed by atoms with Crippen molar-refractivity contribution in [1.29, 1.82) is 0 Å². The first-order valence-electron chi connectivity index (χ1n) is 6.38.